The van der Waals surface area contributed by atoms with Gasteiger partial charge < -0.3 is 43.7 Å². The van der Waals surface area contributed by atoms with E-state index in [4.69, 9.17) is 30.6 Å². The lowest BCUT2D eigenvalue weighted by Crippen LogP contribution is -2.56. The number of phenolic OH excluding ortho intramolecular Hbond substituents is 1. The van der Waals surface area contributed by atoms with Crippen LogP contribution in [0.4, 0.5) is 14.6 Å². The first-order valence-electron chi connectivity index (χ1n) is 25.3. The number of likely N-dealkylation sites (tertiary alicyclic amines) is 1. The van der Waals surface area contributed by atoms with E-state index in [-0.39, 0.29) is 119 Å². The van der Waals surface area contributed by atoms with Gasteiger partial charge in [0.05, 0.1) is 52.0 Å². The highest BCUT2D eigenvalue weighted by atomic mass is 19.1. The third-order valence-electron chi connectivity index (χ3n) is 16.0. The van der Waals surface area contributed by atoms with Crippen LogP contribution >= 0.6 is 0 Å². The molecule has 0 saturated carbocycles. The van der Waals surface area contributed by atoms with Gasteiger partial charge in [0.2, 0.25) is 0 Å². The molecule has 382 valence electrons. The molecule has 18 heteroatoms. The largest absolute Gasteiger partial charge is 0.508 e. The zero-order chi connectivity index (χ0) is 52.2. The summed E-state index contributed by atoms with van der Waals surface area (Å²) in [6.45, 7) is 9.78. The lowest BCUT2D eigenvalue weighted by Gasteiger charge is -2.42. The number of ether oxygens (including phenoxy) is 3. The Hall–Kier alpha value is -8.01. The van der Waals surface area contributed by atoms with Crippen molar-refractivity contribution >= 4 is 50.3 Å². The molecule has 5 aliphatic rings. The molecule has 75 heavy (non-hydrogen) atoms. The molecule has 0 radical (unpaired) electrons. The van der Waals surface area contributed by atoms with E-state index in [9.17, 15) is 24.6 Å². The topological polar surface area (TPSA) is 186 Å². The molecule has 2 N–H and O–H groups in total. The number of hydrogen-bond donors (Lipinski definition) is 2. The van der Waals surface area contributed by atoms with Crippen molar-refractivity contribution in [2.75, 3.05) is 44.8 Å². The monoisotopic (exact) mass is 1010 g/mol. The molecule has 3 fully saturated rings. The third kappa shape index (κ3) is 7.65. The molecule has 2 unspecified atom stereocenters. The zero-order valence-corrected chi connectivity index (χ0v) is 41.6. The van der Waals surface area contributed by atoms with Crippen molar-refractivity contribution in [1.82, 2.24) is 34.3 Å². The number of aliphatic hydroxyl groups is 1. The van der Waals surface area contributed by atoms with Crippen LogP contribution in [0.15, 0.2) is 71.7 Å². The molecule has 3 aromatic carbocycles. The molecule has 0 spiro atoms. The molecular formula is C57H52F2N8O8. The van der Waals surface area contributed by atoms with E-state index in [1.807, 2.05) is 35.9 Å². The number of hydrogen-bond acceptors (Lipinski definition) is 14. The van der Waals surface area contributed by atoms with Gasteiger partial charge in [-0.1, -0.05) is 32.4 Å². The number of rotatable bonds is 11. The molecule has 2 bridgehead atoms. The number of piperazine rings is 1. The predicted molar refractivity (Wildman–Crippen MR) is 275 cm³/mol. The van der Waals surface area contributed by atoms with E-state index in [1.165, 1.54) is 30.5 Å². The summed E-state index contributed by atoms with van der Waals surface area (Å²) in [6.07, 6.45) is 11.3. The lowest BCUT2D eigenvalue weighted by molar-refractivity contribution is -0.172. The average Bonchev–Trinajstić information content (AvgIpc) is 4.10. The number of carbonyl (C=O) groups excluding carboxylic acids is 2. The van der Waals surface area contributed by atoms with Crippen molar-refractivity contribution in [2.24, 2.45) is 0 Å². The number of pyridine rings is 3. The highest BCUT2D eigenvalue weighted by molar-refractivity contribution is 6.03. The Labute approximate surface area is 429 Å². The number of nitrogens with zero attached hydrogens (tertiary/aromatic N) is 8. The van der Waals surface area contributed by atoms with Gasteiger partial charge in [-0.25, -0.2) is 18.6 Å². The Morgan fingerprint density at radius 2 is 1.79 bits per heavy atom. The fraction of sp³-hybridized carbons (Fsp3) is 0.351. The van der Waals surface area contributed by atoms with Gasteiger partial charge in [-0.05, 0) is 106 Å². The quantitative estimate of drug-likeness (QED) is 0.0763. The number of anilines is 1. The number of cyclic esters (lactones) is 1. The fourth-order valence-corrected chi connectivity index (χ4v) is 12.1. The van der Waals surface area contributed by atoms with E-state index < -0.39 is 23.2 Å². The number of halogens is 2. The van der Waals surface area contributed by atoms with Crippen LogP contribution in [0.1, 0.15) is 73.8 Å². The van der Waals surface area contributed by atoms with Crippen molar-refractivity contribution in [3.8, 4) is 52.5 Å². The zero-order valence-electron chi connectivity index (χ0n) is 41.6. The molecule has 4 atom stereocenters. The molecule has 7 aromatic rings. The number of carbonyl (C=O) groups is 2. The van der Waals surface area contributed by atoms with Gasteiger partial charge in [-0.3, -0.25) is 14.6 Å². The third-order valence-corrected chi connectivity index (χ3v) is 16.0. The van der Waals surface area contributed by atoms with Crippen LogP contribution in [0, 0.1) is 24.0 Å². The molecule has 1 amide bonds. The van der Waals surface area contributed by atoms with Gasteiger partial charge in [0.25, 0.3) is 11.5 Å². The average molecular weight is 1020 g/mol. The van der Waals surface area contributed by atoms with E-state index in [0.29, 0.717) is 71.6 Å². The molecular weight excluding hydrogens is 963 g/mol. The molecule has 0 aliphatic carbocycles. The number of aromatic nitrogens is 5. The number of aryl methyl sites for hydroxylation is 1. The van der Waals surface area contributed by atoms with Crippen LogP contribution in [-0.4, -0.2) is 114 Å². The molecule has 9 heterocycles. The second-order valence-corrected chi connectivity index (χ2v) is 20.2. The summed E-state index contributed by atoms with van der Waals surface area (Å²) in [7, 11) is 2.03. The maximum absolute atomic E-state index is 17.3. The molecule has 16 nitrogen and oxygen atoms in total. The standard InChI is InChI=1S/C57H52F2N8O8/c1-6-36-38-20-35(14-16-45(38)61-49-41(36)25-66-46(49)21-43-42(54(66)70)28-74-55(71)57(43,72)8-3)73-26-29(4)53(69)67-31-12-13-32(67)24-65(23-31)52-40-22-60-50(39-19-34(68)18-30-11-15-44(58)37(7-2)47(30)39)48(59)51(40)62-56(63-52)75-27-33-10-9-17-64(33)5/h2,11,14-16,18-22,31-33,68,72H,4,6,8-10,12-13,17,23-28H2,1,3,5H3/t31?,32?,33-,57-/m0/s1. The van der Waals surface area contributed by atoms with Crippen molar-refractivity contribution in [1.29, 1.82) is 0 Å². The Kier molecular flexibility index (Phi) is 11.6. The van der Waals surface area contributed by atoms with Gasteiger partial charge >= 0.3 is 12.0 Å². The van der Waals surface area contributed by atoms with Crippen molar-refractivity contribution in [3.05, 3.63) is 117 Å². The van der Waals surface area contributed by atoms with Gasteiger partial charge in [0.15, 0.2) is 11.4 Å². The van der Waals surface area contributed by atoms with Gasteiger partial charge in [-0.2, -0.15) is 9.97 Å². The first kappa shape index (κ1) is 48.0. The number of phenols is 1. The summed E-state index contributed by atoms with van der Waals surface area (Å²) in [5, 5.41) is 23.8. The number of aromatic hydroxyl groups is 1. The summed E-state index contributed by atoms with van der Waals surface area (Å²) >= 11 is 0. The Morgan fingerprint density at radius 3 is 2.52 bits per heavy atom. The summed E-state index contributed by atoms with van der Waals surface area (Å²) in [4.78, 5) is 66.1. The van der Waals surface area contributed by atoms with E-state index >= 15 is 8.78 Å². The normalized spacial score (nSPS) is 20.8. The molecule has 3 saturated heterocycles. The number of terminal acetylenes is 1. The van der Waals surface area contributed by atoms with Gasteiger partial charge in [-0.15, -0.1) is 6.42 Å². The maximum Gasteiger partial charge on any atom is 0.343 e. The lowest BCUT2D eigenvalue weighted by atomic mass is 9.86. The summed E-state index contributed by atoms with van der Waals surface area (Å²) < 4.78 is 51.8. The smallest absolute Gasteiger partial charge is 0.343 e. The predicted octanol–water partition coefficient (Wildman–Crippen LogP) is 7.05. The Balaban J connectivity index is 0.800. The minimum atomic E-state index is -1.93. The SMILES string of the molecule is C#Cc1c(F)ccc2cc(O)cc(-c3ncc4c(N5CC6CCC(C5)N6C(=O)C(=C)COc5ccc6nc7c(c(CC)c6c5)Cn5c-7cc6c(c5=O)COC(=O)[C@]6(O)CC)nc(OC[C@@H]5CCCN5C)nc4c3F)c12. The highest BCUT2D eigenvalue weighted by Crippen LogP contribution is 2.43. The van der Waals surface area contributed by atoms with Crippen LogP contribution < -0.4 is 19.9 Å². The van der Waals surface area contributed by atoms with Gasteiger partial charge in [0.1, 0.15) is 54.2 Å². The highest BCUT2D eigenvalue weighted by Gasteiger charge is 2.46. The second kappa shape index (κ2) is 18.1. The number of fused-ring (bicyclic) bond motifs is 9. The van der Waals surface area contributed by atoms with Crippen LogP contribution in [0.5, 0.6) is 17.5 Å². The number of likely N-dealkylation sites (N-methyl/N-ethyl adjacent to an activating group) is 1. The summed E-state index contributed by atoms with van der Waals surface area (Å²) in [5.74, 6) is 0.581. The molecule has 4 aromatic heterocycles. The van der Waals surface area contributed by atoms with Crippen molar-refractivity contribution in [3.63, 3.8) is 0 Å². The first-order chi connectivity index (χ1) is 36.2. The van der Waals surface area contributed by atoms with Crippen molar-refractivity contribution < 1.29 is 42.8 Å². The van der Waals surface area contributed by atoms with Crippen LogP contribution in [0.2, 0.25) is 0 Å². The number of benzene rings is 3. The van der Waals surface area contributed by atoms with Gasteiger partial charge in [0, 0.05) is 58.4 Å². The van der Waals surface area contributed by atoms with Crippen LogP contribution in [-0.2, 0) is 39.5 Å². The first-order valence-corrected chi connectivity index (χ1v) is 25.3. The molecule has 5 aliphatic heterocycles. The second-order valence-electron chi connectivity index (χ2n) is 20.2. The van der Waals surface area contributed by atoms with E-state index in [1.54, 1.807) is 23.6 Å². The minimum absolute atomic E-state index is 0.0277. The van der Waals surface area contributed by atoms with E-state index in [2.05, 4.69) is 27.4 Å². The summed E-state index contributed by atoms with van der Waals surface area (Å²) in [6, 6.07) is 12.2. The van der Waals surface area contributed by atoms with Crippen LogP contribution in [0.25, 0.3) is 55.2 Å². The Morgan fingerprint density at radius 1 is 0.987 bits per heavy atom. The van der Waals surface area contributed by atoms with Crippen LogP contribution in [0.3, 0.4) is 0 Å². The number of amides is 1. The number of esters is 1. The minimum Gasteiger partial charge on any atom is -0.508 e. The fourth-order valence-electron chi connectivity index (χ4n) is 12.1. The Bertz CT molecular complexity index is 3730. The summed E-state index contributed by atoms with van der Waals surface area (Å²) in [5.41, 5.74) is 1.91. The van der Waals surface area contributed by atoms with E-state index in [0.717, 1.165) is 35.9 Å². The maximum atomic E-state index is 17.3. The van der Waals surface area contributed by atoms with Crippen molar-refractivity contribution in [2.45, 2.75) is 89.3 Å². The molecule has 12 rings (SSSR count).